The molecule has 6 heteroatoms. The van der Waals surface area contributed by atoms with Gasteiger partial charge in [-0.3, -0.25) is 0 Å². The molecule has 100 valence electrons. The number of aliphatic hydroxyl groups is 3. The zero-order valence-electron chi connectivity index (χ0n) is 10.0. The van der Waals surface area contributed by atoms with Crippen molar-refractivity contribution in [3.63, 3.8) is 0 Å². The van der Waals surface area contributed by atoms with Gasteiger partial charge >= 0.3 is 0 Å². The molecule has 6 nitrogen and oxygen atoms in total. The summed E-state index contributed by atoms with van der Waals surface area (Å²) in [5.74, 6) is -1.52. The van der Waals surface area contributed by atoms with E-state index in [1.165, 1.54) is 0 Å². The number of benzene rings is 1. The van der Waals surface area contributed by atoms with Crippen LogP contribution in [-0.4, -0.2) is 38.7 Å². The molecule has 0 aliphatic heterocycles. The van der Waals surface area contributed by atoms with E-state index in [0.29, 0.717) is 18.7 Å². The van der Waals surface area contributed by atoms with Crippen LogP contribution in [-0.2, 0) is 0 Å². The monoisotopic (exact) mass is 255 g/mol. The number of aliphatic hydroxyl groups excluding tert-OH is 2. The highest BCUT2D eigenvalue weighted by atomic mass is 16.5. The first-order valence-electron chi connectivity index (χ1n) is 5.53. The first kappa shape index (κ1) is 14.0. The van der Waals surface area contributed by atoms with Gasteiger partial charge in [-0.2, -0.15) is 0 Å². The maximum atomic E-state index is 9.80. The molecular formula is C12H17NO5. The molecule has 1 aromatic carbocycles. The number of phenolic OH excluding ortho intramolecular Hbond substituents is 2. The Morgan fingerprint density at radius 2 is 1.72 bits per heavy atom. The van der Waals surface area contributed by atoms with Crippen LogP contribution in [0.5, 0.6) is 11.5 Å². The molecule has 0 aromatic heterocycles. The van der Waals surface area contributed by atoms with Gasteiger partial charge in [0.1, 0.15) is 11.5 Å². The average molecular weight is 255 g/mol. The van der Waals surface area contributed by atoms with Gasteiger partial charge in [-0.25, -0.2) is 0 Å². The second-order valence-corrected chi connectivity index (χ2v) is 3.70. The molecule has 0 heterocycles. The van der Waals surface area contributed by atoms with Gasteiger partial charge in [0.05, 0.1) is 17.0 Å². The number of hydrogen-bond donors (Lipinski definition) is 6. The lowest BCUT2D eigenvalue weighted by Crippen LogP contribution is -2.24. The van der Waals surface area contributed by atoms with Crippen LogP contribution in [0.2, 0.25) is 0 Å². The van der Waals surface area contributed by atoms with Gasteiger partial charge in [0.15, 0.2) is 0 Å². The van der Waals surface area contributed by atoms with Crippen molar-refractivity contribution in [1.29, 1.82) is 0 Å². The Bertz CT molecular complexity index is 505. The van der Waals surface area contributed by atoms with Crippen molar-refractivity contribution >= 4 is 11.6 Å². The minimum Gasteiger partial charge on any atom is -0.507 e. The van der Waals surface area contributed by atoms with Crippen molar-refractivity contribution in [1.82, 2.24) is 5.32 Å². The Morgan fingerprint density at radius 3 is 2.11 bits per heavy atom. The molecule has 0 radical (unpaired) electrons. The summed E-state index contributed by atoms with van der Waals surface area (Å²) in [7, 11) is 0. The maximum Gasteiger partial charge on any atom is 0.281 e. The van der Waals surface area contributed by atoms with Crippen LogP contribution in [0, 0.1) is 0 Å². The third-order valence-corrected chi connectivity index (χ3v) is 2.46. The predicted molar refractivity (Wildman–Crippen MR) is 66.5 cm³/mol. The molecule has 1 aromatic rings. The molecule has 0 fully saturated rings. The topological polar surface area (TPSA) is 113 Å². The molecule has 1 rings (SSSR count). The summed E-state index contributed by atoms with van der Waals surface area (Å²) in [5.41, 5.74) is 0.558. The summed E-state index contributed by atoms with van der Waals surface area (Å²) in [6, 6.07) is 2.28. The number of hydrogen-bond acceptors (Lipinski definition) is 6. The Labute approximate surface area is 104 Å². The van der Waals surface area contributed by atoms with Crippen molar-refractivity contribution in [2.24, 2.45) is 0 Å². The maximum absolute atomic E-state index is 9.80. The van der Waals surface area contributed by atoms with Gasteiger partial charge in [0.2, 0.25) is 0 Å². The van der Waals surface area contributed by atoms with E-state index in [9.17, 15) is 10.2 Å². The molecule has 18 heavy (non-hydrogen) atoms. The lowest BCUT2D eigenvalue weighted by molar-refractivity contribution is 0.297. The smallest absolute Gasteiger partial charge is 0.281 e. The van der Waals surface area contributed by atoms with Gasteiger partial charge in [-0.05, 0) is 18.6 Å². The van der Waals surface area contributed by atoms with E-state index < -0.39 is 5.95 Å². The fourth-order valence-corrected chi connectivity index (χ4v) is 1.65. The summed E-state index contributed by atoms with van der Waals surface area (Å²) in [4.78, 5) is 0. The average Bonchev–Trinajstić information content (AvgIpc) is 2.32. The molecule has 0 bridgehead atoms. The molecule has 0 unspecified atom stereocenters. The Kier molecular flexibility index (Phi) is 4.67. The minimum atomic E-state index is -0.978. The number of rotatable bonds is 4. The van der Waals surface area contributed by atoms with E-state index in [2.05, 4.69) is 5.32 Å². The van der Waals surface area contributed by atoms with Crippen LogP contribution in [0.4, 0.5) is 0 Å². The minimum absolute atomic E-state index is 0.0751. The van der Waals surface area contributed by atoms with Crippen molar-refractivity contribution in [3.8, 4) is 11.5 Å². The van der Waals surface area contributed by atoms with Gasteiger partial charge in [0, 0.05) is 12.2 Å². The van der Waals surface area contributed by atoms with Crippen LogP contribution in [0.1, 0.15) is 13.3 Å². The fraction of sp³-hybridized carbons (Fsp3) is 0.333. The highest BCUT2D eigenvalue weighted by Gasteiger charge is 2.07. The standard InChI is InChI=1S/C12H17NO5/c1-2-8(13-3-4-14)11-9(15)5-7(12(17)18)6-10(11)16/h5-6,13-18H,2-4H2,1H3. The summed E-state index contributed by atoms with van der Waals surface area (Å²) in [5, 5.41) is 49.1. The fourth-order valence-electron chi connectivity index (χ4n) is 1.65. The van der Waals surface area contributed by atoms with Crippen molar-refractivity contribution in [3.05, 3.63) is 22.6 Å². The van der Waals surface area contributed by atoms with E-state index in [0.717, 1.165) is 12.1 Å². The molecule has 0 saturated heterocycles. The van der Waals surface area contributed by atoms with Gasteiger partial charge in [-0.1, -0.05) is 6.92 Å². The number of nitrogens with one attached hydrogen (secondary N) is 1. The van der Waals surface area contributed by atoms with Gasteiger partial charge < -0.3 is 30.8 Å². The highest BCUT2D eigenvalue weighted by Crippen LogP contribution is 2.09. The molecule has 0 aliphatic rings. The van der Waals surface area contributed by atoms with Crippen LogP contribution in [0.3, 0.4) is 0 Å². The van der Waals surface area contributed by atoms with Crippen LogP contribution < -0.4 is 15.8 Å². The Hall–Kier alpha value is -2.08. The molecule has 0 amide bonds. The lowest BCUT2D eigenvalue weighted by Gasteiger charge is -2.09. The summed E-state index contributed by atoms with van der Waals surface area (Å²) >= 11 is 0. The highest BCUT2D eigenvalue weighted by molar-refractivity contribution is 5.52. The van der Waals surface area contributed by atoms with Crippen LogP contribution >= 0.6 is 0 Å². The van der Waals surface area contributed by atoms with Crippen molar-refractivity contribution < 1.29 is 25.5 Å². The van der Waals surface area contributed by atoms with E-state index in [-0.39, 0.29) is 28.5 Å². The Morgan fingerprint density at radius 1 is 1.17 bits per heavy atom. The third kappa shape index (κ3) is 2.98. The molecule has 0 atom stereocenters. The second-order valence-electron chi connectivity index (χ2n) is 3.70. The molecule has 6 N–H and O–H groups in total. The number of aromatic hydroxyl groups is 2. The van der Waals surface area contributed by atoms with Crippen molar-refractivity contribution in [2.75, 3.05) is 13.2 Å². The first-order chi connectivity index (χ1) is 8.51. The normalized spacial score (nSPS) is 10.1. The molecule has 0 aliphatic carbocycles. The van der Waals surface area contributed by atoms with E-state index in [1.54, 1.807) is 0 Å². The zero-order valence-corrected chi connectivity index (χ0v) is 10.0. The lowest BCUT2D eigenvalue weighted by atomic mass is 10.1. The summed E-state index contributed by atoms with van der Waals surface area (Å²) < 4.78 is 0. The van der Waals surface area contributed by atoms with E-state index in [4.69, 9.17) is 15.3 Å². The predicted octanol–water partition coefficient (Wildman–Crippen LogP) is -0.620. The SMILES string of the molecule is CCC(NCCO)=c1c(O)cc(=C(O)O)cc1O. The molecule has 0 spiro atoms. The third-order valence-electron chi connectivity index (χ3n) is 2.46. The first-order valence-corrected chi connectivity index (χ1v) is 5.53. The van der Waals surface area contributed by atoms with Crippen molar-refractivity contribution in [2.45, 2.75) is 13.3 Å². The van der Waals surface area contributed by atoms with E-state index >= 15 is 0 Å². The van der Waals surface area contributed by atoms with Crippen LogP contribution in [0.15, 0.2) is 12.1 Å². The molecule has 0 saturated carbocycles. The molecular weight excluding hydrogens is 238 g/mol. The number of phenols is 2. The summed E-state index contributed by atoms with van der Waals surface area (Å²) in [6.07, 6.45) is 0.509. The Balaban J connectivity index is 3.49. The largest absolute Gasteiger partial charge is 0.507 e. The summed E-state index contributed by atoms with van der Waals surface area (Å²) in [6.45, 7) is 2.04. The second kappa shape index (κ2) is 6.02. The van der Waals surface area contributed by atoms with Crippen LogP contribution in [0.25, 0.3) is 11.6 Å². The quantitative estimate of drug-likeness (QED) is 0.427. The zero-order chi connectivity index (χ0) is 13.7. The van der Waals surface area contributed by atoms with E-state index in [1.807, 2.05) is 6.92 Å². The van der Waals surface area contributed by atoms with Gasteiger partial charge in [-0.15, -0.1) is 0 Å². The van der Waals surface area contributed by atoms with Gasteiger partial charge in [0.25, 0.3) is 5.95 Å².